The molecular weight excluding hydrogens is 222 g/mol. The molecule has 0 aromatic carbocycles. The third kappa shape index (κ3) is 8.54. The van der Waals surface area contributed by atoms with Crippen LogP contribution in [-0.4, -0.2) is 43.8 Å². The minimum atomic E-state index is -0.504. The van der Waals surface area contributed by atoms with Crippen LogP contribution < -0.4 is 0 Å². The first-order valence-corrected chi connectivity index (χ1v) is 6.15. The molecule has 0 aromatic rings. The summed E-state index contributed by atoms with van der Waals surface area (Å²) in [4.78, 5) is 23.7. The summed E-state index contributed by atoms with van der Waals surface area (Å²) in [7, 11) is 1.51. The third-order valence-corrected chi connectivity index (χ3v) is 2.21. The molecule has 0 heterocycles. The molecule has 0 spiro atoms. The fraction of sp³-hybridized carbons (Fsp3) is 0.833. The Morgan fingerprint density at radius 3 is 2.35 bits per heavy atom. The molecule has 0 aromatic heterocycles. The zero-order valence-electron chi connectivity index (χ0n) is 11.0. The largest absolute Gasteiger partial charge is 0.464 e. The van der Waals surface area contributed by atoms with E-state index in [-0.39, 0.29) is 6.54 Å². The van der Waals surface area contributed by atoms with Gasteiger partial charge in [-0.2, -0.15) is 0 Å². The van der Waals surface area contributed by atoms with Crippen LogP contribution in [0.5, 0.6) is 0 Å². The highest BCUT2D eigenvalue weighted by atomic mass is 16.6. The summed E-state index contributed by atoms with van der Waals surface area (Å²) < 4.78 is 9.74. The van der Waals surface area contributed by atoms with Crippen molar-refractivity contribution in [3.63, 3.8) is 0 Å². The lowest BCUT2D eigenvalue weighted by atomic mass is 10.2. The average molecular weight is 245 g/mol. The Bertz CT molecular complexity index is 231. The average Bonchev–Trinajstić information content (AvgIpc) is 2.29. The molecule has 100 valence electrons. The number of esters is 1. The maximum absolute atomic E-state index is 11.3. The molecule has 0 unspecified atom stereocenters. The third-order valence-electron chi connectivity index (χ3n) is 2.21. The molecular formula is C12H23NO4. The van der Waals surface area contributed by atoms with Crippen molar-refractivity contribution >= 4 is 12.1 Å². The van der Waals surface area contributed by atoms with Gasteiger partial charge in [0.25, 0.3) is 0 Å². The molecule has 0 saturated heterocycles. The van der Waals surface area contributed by atoms with Crippen molar-refractivity contribution in [1.82, 2.24) is 4.90 Å². The van der Waals surface area contributed by atoms with E-state index >= 15 is 0 Å². The van der Waals surface area contributed by atoms with Crippen LogP contribution in [0.1, 0.15) is 39.5 Å². The quantitative estimate of drug-likeness (QED) is 0.486. The Morgan fingerprint density at radius 2 is 1.76 bits per heavy atom. The molecule has 0 N–H and O–H groups in total. The van der Waals surface area contributed by atoms with Crippen molar-refractivity contribution in [1.29, 1.82) is 0 Å². The molecule has 0 rings (SSSR count). The van der Waals surface area contributed by atoms with Gasteiger partial charge in [-0.15, -0.1) is 0 Å². The van der Waals surface area contributed by atoms with E-state index in [1.165, 1.54) is 11.9 Å². The highest BCUT2D eigenvalue weighted by Crippen LogP contribution is 1.99. The van der Waals surface area contributed by atoms with Crippen LogP contribution in [-0.2, 0) is 14.3 Å². The molecule has 0 aliphatic heterocycles. The fourth-order valence-electron chi connectivity index (χ4n) is 1.25. The van der Waals surface area contributed by atoms with Gasteiger partial charge in [-0.1, -0.05) is 26.2 Å². The first-order chi connectivity index (χ1) is 8.11. The van der Waals surface area contributed by atoms with Crippen LogP contribution in [0.25, 0.3) is 0 Å². The predicted octanol–water partition coefficient (Wildman–Crippen LogP) is 2.20. The van der Waals surface area contributed by atoms with Gasteiger partial charge in [-0.05, 0) is 13.3 Å². The van der Waals surface area contributed by atoms with Crippen molar-refractivity contribution in [2.24, 2.45) is 0 Å². The number of nitrogens with zero attached hydrogens (tertiary/aromatic N) is 1. The zero-order valence-corrected chi connectivity index (χ0v) is 11.0. The minimum absolute atomic E-state index is 0.0629. The van der Waals surface area contributed by atoms with Crippen molar-refractivity contribution in [2.45, 2.75) is 39.5 Å². The Labute approximate surface area is 103 Å². The molecule has 0 radical (unpaired) electrons. The van der Waals surface area contributed by atoms with Gasteiger partial charge in [0, 0.05) is 7.05 Å². The second-order valence-corrected chi connectivity index (χ2v) is 3.84. The number of unbranched alkanes of at least 4 members (excludes halogenated alkanes) is 3. The highest BCUT2D eigenvalue weighted by molar-refractivity contribution is 5.77. The lowest BCUT2D eigenvalue weighted by Gasteiger charge is -2.15. The molecule has 1 amide bonds. The van der Waals surface area contributed by atoms with Gasteiger partial charge in [0.1, 0.15) is 6.54 Å². The van der Waals surface area contributed by atoms with Gasteiger partial charge in [0.15, 0.2) is 0 Å². The monoisotopic (exact) mass is 245 g/mol. The lowest BCUT2D eigenvalue weighted by Crippen LogP contribution is -2.33. The molecule has 0 bridgehead atoms. The minimum Gasteiger partial charge on any atom is -0.464 e. The van der Waals surface area contributed by atoms with E-state index in [1.807, 2.05) is 0 Å². The Morgan fingerprint density at radius 1 is 1.06 bits per heavy atom. The number of rotatable bonds is 8. The molecule has 0 aliphatic carbocycles. The van der Waals surface area contributed by atoms with Crippen molar-refractivity contribution in [3.05, 3.63) is 0 Å². The number of carbonyl (C=O) groups excluding carboxylic acids is 2. The summed E-state index contributed by atoms with van der Waals surface area (Å²) in [5, 5.41) is 0. The van der Waals surface area contributed by atoms with Gasteiger partial charge in [0.2, 0.25) is 0 Å². The summed E-state index contributed by atoms with van der Waals surface area (Å²) in [6.45, 7) is 4.51. The molecule has 0 atom stereocenters. The van der Waals surface area contributed by atoms with Crippen molar-refractivity contribution in [2.75, 3.05) is 26.8 Å². The van der Waals surface area contributed by atoms with E-state index in [9.17, 15) is 9.59 Å². The van der Waals surface area contributed by atoms with Crippen LogP contribution in [0.4, 0.5) is 4.79 Å². The van der Waals surface area contributed by atoms with Gasteiger partial charge in [-0.25, -0.2) is 4.79 Å². The second kappa shape index (κ2) is 9.93. The predicted molar refractivity (Wildman–Crippen MR) is 64.8 cm³/mol. The number of likely N-dealkylation sites (N-methyl/N-ethyl adjacent to an activating group) is 1. The summed E-state index contributed by atoms with van der Waals surface area (Å²) in [6.07, 6.45) is 3.75. The normalized spacial score (nSPS) is 9.82. The van der Waals surface area contributed by atoms with E-state index in [0.29, 0.717) is 13.2 Å². The van der Waals surface area contributed by atoms with E-state index in [4.69, 9.17) is 9.47 Å². The van der Waals surface area contributed by atoms with Gasteiger partial charge >= 0.3 is 12.1 Å². The maximum Gasteiger partial charge on any atom is 0.410 e. The van der Waals surface area contributed by atoms with Gasteiger partial charge in [-0.3, -0.25) is 4.79 Å². The molecule has 17 heavy (non-hydrogen) atoms. The SMILES string of the molecule is CCCCCCOC(=O)CN(C)C(=O)OCC. The standard InChI is InChI=1S/C12H23NO4/c1-4-6-7-8-9-17-11(14)10-13(3)12(15)16-5-2/h4-10H2,1-3H3. The van der Waals surface area contributed by atoms with Gasteiger partial charge < -0.3 is 14.4 Å². The summed E-state index contributed by atoms with van der Waals surface area (Å²) in [5.41, 5.74) is 0. The van der Waals surface area contributed by atoms with E-state index in [1.54, 1.807) is 6.92 Å². The topological polar surface area (TPSA) is 55.8 Å². The first kappa shape index (κ1) is 15.7. The highest BCUT2D eigenvalue weighted by Gasteiger charge is 2.14. The molecule has 0 aliphatic rings. The Hall–Kier alpha value is -1.26. The van der Waals surface area contributed by atoms with E-state index in [0.717, 1.165) is 25.7 Å². The Balaban J connectivity index is 3.60. The summed E-state index contributed by atoms with van der Waals surface area (Å²) in [6, 6.07) is 0. The second-order valence-electron chi connectivity index (χ2n) is 3.84. The molecule has 5 nitrogen and oxygen atoms in total. The number of ether oxygens (including phenoxy) is 2. The van der Waals surface area contributed by atoms with Gasteiger partial charge in [0.05, 0.1) is 13.2 Å². The number of hydrogen-bond acceptors (Lipinski definition) is 4. The Kier molecular flexibility index (Phi) is 9.19. The van der Waals surface area contributed by atoms with Crippen LogP contribution in [0, 0.1) is 0 Å². The number of carbonyl (C=O) groups is 2. The summed E-state index contributed by atoms with van der Waals surface area (Å²) in [5.74, 6) is -0.392. The first-order valence-electron chi connectivity index (χ1n) is 6.15. The number of amides is 1. The molecule has 0 fully saturated rings. The number of hydrogen-bond donors (Lipinski definition) is 0. The van der Waals surface area contributed by atoms with Crippen LogP contribution >= 0.6 is 0 Å². The lowest BCUT2D eigenvalue weighted by molar-refractivity contribution is -0.144. The van der Waals surface area contributed by atoms with Crippen LogP contribution in [0.15, 0.2) is 0 Å². The zero-order chi connectivity index (χ0) is 13.1. The van der Waals surface area contributed by atoms with Crippen molar-refractivity contribution < 1.29 is 19.1 Å². The van der Waals surface area contributed by atoms with Crippen molar-refractivity contribution in [3.8, 4) is 0 Å². The van der Waals surface area contributed by atoms with E-state index in [2.05, 4.69) is 6.92 Å². The fourth-order valence-corrected chi connectivity index (χ4v) is 1.25. The van der Waals surface area contributed by atoms with Crippen LogP contribution in [0.3, 0.4) is 0 Å². The summed E-state index contributed by atoms with van der Waals surface area (Å²) >= 11 is 0. The molecule has 5 heteroatoms. The maximum atomic E-state index is 11.3. The smallest absolute Gasteiger partial charge is 0.410 e. The van der Waals surface area contributed by atoms with Crippen LogP contribution in [0.2, 0.25) is 0 Å². The van der Waals surface area contributed by atoms with E-state index < -0.39 is 12.1 Å². The molecule has 0 saturated carbocycles.